The minimum absolute atomic E-state index is 0. The first kappa shape index (κ1) is 28.7. The first-order valence-electron chi connectivity index (χ1n) is 11.4. The van der Waals surface area contributed by atoms with Gasteiger partial charge in [-0.15, -0.1) is 24.8 Å². The number of likely N-dealkylation sites (tertiary alicyclic amines) is 1. The first-order chi connectivity index (χ1) is 16.0. The van der Waals surface area contributed by atoms with Crippen molar-refractivity contribution in [3.8, 4) is 17.2 Å². The number of aryl methyl sites for hydroxylation is 1. The topological polar surface area (TPSA) is 68.0 Å². The van der Waals surface area contributed by atoms with Crippen LogP contribution in [0.5, 0.6) is 17.2 Å². The minimum atomic E-state index is -0.551. The number of hydrogen-bond donors (Lipinski definition) is 2. The van der Waals surface area contributed by atoms with Crippen molar-refractivity contribution in [2.24, 2.45) is 0 Å². The predicted octanol–water partition coefficient (Wildman–Crippen LogP) is 5.97. The van der Waals surface area contributed by atoms with Crippen molar-refractivity contribution in [3.05, 3.63) is 83.7 Å². The molecule has 0 spiro atoms. The van der Waals surface area contributed by atoms with Crippen molar-refractivity contribution >= 4 is 30.5 Å². The number of ether oxygens (including phenoxy) is 2. The van der Waals surface area contributed by atoms with Crippen molar-refractivity contribution in [1.82, 2.24) is 4.90 Å². The average molecular weight is 523 g/mol. The molecule has 3 aromatic carbocycles. The molecule has 1 saturated heterocycles. The summed E-state index contributed by atoms with van der Waals surface area (Å²) in [4.78, 5) is 2.29. The van der Waals surface area contributed by atoms with Crippen LogP contribution in [0, 0.1) is 12.7 Å². The van der Waals surface area contributed by atoms with Gasteiger partial charge in [0.15, 0.2) is 0 Å². The molecule has 1 atom stereocenters. The highest BCUT2D eigenvalue weighted by Gasteiger charge is 2.22. The Kier molecular flexibility index (Phi) is 11.1. The molecule has 1 aliphatic heterocycles. The number of nitrogens with zero attached hydrogens (tertiary/aromatic N) is 1. The Labute approximate surface area is 218 Å². The Balaban J connectivity index is 0.00000216. The highest BCUT2D eigenvalue weighted by Crippen LogP contribution is 2.30. The van der Waals surface area contributed by atoms with Crippen LogP contribution in [0.15, 0.2) is 66.7 Å². The van der Waals surface area contributed by atoms with Crippen LogP contribution in [0.2, 0.25) is 0 Å². The molecule has 0 aliphatic carbocycles. The number of hydrogen-bond acceptors (Lipinski definition) is 5. The van der Waals surface area contributed by atoms with E-state index in [1.165, 1.54) is 17.7 Å². The van der Waals surface area contributed by atoms with Gasteiger partial charge in [-0.3, -0.25) is 0 Å². The van der Waals surface area contributed by atoms with E-state index >= 15 is 0 Å². The number of rotatable bonds is 8. The monoisotopic (exact) mass is 522 g/mol. The summed E-state index contributed by atoms with van der Waals surface area (Å²) in [5, 5.41) is 10.4. The maximum Gasteiger partial charge on any atom is 0.127 e. The van der Waals surface area contributed by atoms with Gasteiger partial charge < -0.3 is 25.2 Å². The van der Waals surface area contributed by atoms with E-state index in [1.54, 1.807) is 18.2 Å². The molecule has 3 N–H and O–H groups in total. The number of nitrogen functional groups attached to an aromatic ring is 1. The fourth-order valence-electron chi connectivity index (χ4n) is 4.20. The lowest BCUT2D eigenvalue weighted by Crippen LogP contribution is -2.40. The van der Waals surface area contributed by atoms with E-state index < -0.39 is 6.10 Å². The molecule has 0 bridgehead atoms. The maximum atomic E-state index is 13.0. The van der Waals surface area contributed by atoms with E-state index in [9.17, 15) is 9.50 Å². The molecule has 0 radical (unpaired) electrons. The lowest BCUT2D eigenvalue weighted by Gasteiger charge is -2.33. The van der Waals surface area contributed by atoms with Crippen LogP contribution in [0.1, 0.15) is 29.9 Å². The zero-order chi connectivity index (χ0) is 23.2. The van der Waals surface area contributed by atoms with Crippen LogP contribution in [0.4, 0.5) is 10.1 Å². The van der Waals surface area contributed by atoms with Crippen molar-refractivity contribution in [3.63, 3.8) is 0 Å². The third-order valence-electron chi connectivity index (χ3n) is 6.10. The van der Waals surface area contributed by atoms with Gasteiger partial charge in [0.25, 0.3) is 0 Å². The minimum Gasteiger partial charge on any atom is -0.490 e. The second kappa shape index (κ2) is 13.5. The van der Waals surface area contributed by atoms with Gasteiger partial charge in [0.2, 0.25) is 0 Å². The van der Waals surface area contributed by atoms with Gasteiger partial charge in [-0.25, -0.2) is 4.39 Å². The quantitative estimate of drug-likeness (QED) is 0.356. The van der Waals surface area contributed by atoms with Crippen molar-refractivity contribution in [1.29, 1.82) is 0 Å². The van der Waals surface area contributed by atoms with Crippen LogP contribution < -0.4 is 15.2 Å². The molecule has 0 unspecified atom stereocenters. The molecule has 0 amide bonds. The van der Waals surface area contributed by atoms with E-state index in [0.29, 0.717) is 23.9 Å². The zero-order valence-electron chi connectivity index (χ0n) is 19.7. The molecule has 4 rings (SSSR count). The van der Waals surface area contributed by atoms with Gasteiger partial charge in [0.1, 0.15) is 35.8 Å². The van der Waals surface area contributed by atoms with Gasteiger partial charge in [0.05, 0.1) is 0 Å². The van der Waals surface area contributed by atoms with Crippen LogP contribution in [0.25, 0.3) is 0 Å². The third kappa shape index (κ3) is 8.29. The number of nitrogens with two attached hydrogens (primary N) is 1. The number of aliphatic hydroxyl groups is 1. The van der Waals surface area contributed by atoms with Crippen LogP contribution >= 0.6 is 24.8 Å². The highest BCUT2D eigenvalue weighted by molar-refractivity contribution is 5.85. The molecule has 5 nitrogen and oxygen atoms in total. The molecule has 0 saturated carbocycles. The Morgan fingerprint density at radius 2 is 1.57 bits per heavy atom. The average Bonchev–Trinajstić information content (AvgIpc) is 2.82. The van der Waals surface area contributed by atoms with Crippen LogP contribution in [-0.4, -0.2) is 42.4 Å². The molecule has 0 aromatic heterocycles. The fraction of sp³-hybridized carbons (Fsp3) is 0.333. The van der Waals surface area contributed by atoms with Gasteiger partial charge in [-0.1, -0.05) is 18.2 Å². The summed E-state index contributed by atoms with van der Waals surface area (Å²) < 4.78 is 24.6. The Bertz CT molecular complexity index is 1040. The van der Waals surface area contributed by atoms with E-state index in [2.05, 4.69) is 17.0 Å². The predicted molar refractivity (Wildman–Crippen MR) is 143 cm³/mol. The normalized spacial score (nSPS) is 14.9. The first-order valence-corrected chi connectivity index (χ1v) is 11.4. The second-order valence-electron chi connectivity index (χ2n) is 8.69. The fourth-order valence-corrected chi connectivity index (χ4v) is 4.20. The maximum absolute atomic E-state index is 13.0. The molecule has 1 aliphatic rings. The number of benzene rings is 3. The van der Waals surface area contributed by atoms with Crippen LogP contribution in [0.3, 0.4) is 0 Å². The number of β-amino-alcohol motifs (C(OH)–C–C–N with tert-alkyl or cyclic N) is 1. The summed E-state index contributed by atoms with van der Waals surface area (Å²) in [5.41, 5.74) is 8.78. The second-order valence-corrected chi connectivity index (χ2v) is 8.69. The van der Waals surface area contributed by atoms with Gasteiger partial charge in [-0.2, -0.15) is 0 Å². The lowest BCUT2D eigenvalue weighted by molar-refractivity contribution is 0.0592. The standard InChI is InChI=1S/C27H31FN2O3.2ClH/c1-19-2-7-23(29)16-27(19)32-18-24(31)17-30-14-12-21(13-15-30)20-3-8-25(9-4-20)33-26-10-5-22(28)6-11-26;;/h2-11,16,21,24,31H,12-15,17-18,29H2,1H3;2*1H/t24-;;/m0../s1. The smallest absolute Gasteiger partial charge is 0.127 e. The summed E-state index contributed by atoms with van der Waals surface area (Å²) in [6, 6.07) is 19.7. The number of halogens is 3. The van der Waals surface area contributed by atoms with Crippen molar-refractivity contribution < 1.29 is 19.0 Å². The zero-order valence-corrected chi connectivity index (χ0v) is 21.4. The number of aliphatic hydroxyl groups excluding tert-OH is 1. The van der Waals surface area contributed by atoms with E-state index in [0.717, 1.165) is 43.0 Å². The molecular weight excluding hydrogens is 490 g/mol. The lowest BCUT2D eigenvalue weighted by atomic mass is 9.89. The van der Waals surface area contributed by atoms with E-state index in [-0.39, 0.29) is 37.2 Å². The third-order valence-corrected chi connectivity index (χ3v) is 6.10. The molecule has 35 heavy (non-hydrogen) atoms. The molecule has 3 aromatic rings. The number of piperidine rings is 1. The summed E-state index contributed by atoms with van der Waals surface area (Å²) in [6.45, 7) is 4.69. The van der Waals surface area contributed by atoms with E-state index in [4.69, 9.17) is 15.2 Å². The van der Waals surface area contributed by atoms with Crippen molar-refractivity contribution in [2.45, 2.75) is 31.8 Å². The Morgan fingerprint density at radius 3 is 2.20 bits per heavy atom. The van der Waals surface area contributed by atoms with Crippen molar-refractivity contribution in [2.75, 3.05) is 32.0 Å². The molecular formula is C27H33Cl2FN2O3. The van der Waals surface area contributed by atoms with Gasteiger partial charge in [0, 0.05) is 18.3 Å². The Morgan fingerprint density at radius 1 is 0.971 bits per heavy atom. The largest absolute Gasteiger partial charge is 0.490 e. The van der Waals surface area contributed by atoms with Gasteiger partial charge in [-0.05, 0) is 92.4 Å². The summed E-state index contributed by atoms with van der Waals surface area (Å²) in [6.07, 6.45) is 1.53. The molecule has 190 valence electrons. The summed E-state index contributed by atoms with van der Waals surface area (Å²) in [7, 11) is 0. The molecule has 1 heterocycles. The highest BCUT2D eigenvalue weighted by atomic mass is 35.5. The summed E-state index contributed by atoms with van der Waals surface area (Å²) in [5.74, 6) is 2.29. The SMILES string of the molecule is Cc1ccc(N)cc1OC[C@@H](O)CN1CCC(c2ccc(Oc3ccc(F)cc3)cc2)CC1.Cl.Cl. The van der Waals surface area contributed by atoms with E-state index in [1.807, 2.05) is 31.2 Å². The van der Waals surface area contributed by atoms with Gasteiger partial charge >= 0.3 is 0 Å². The van der Waals surface area contributed by atoms with Crippen LogP contribution in [-0.2, 0) is 0 Å². The molecule has 8 heteroatoms. The number of anilines is 1. The molecule has 1 fully saturated rings. The Hall–Kier alpha value is -2.51. The summed E-state index contributed by atoms with van der Waals surface area (Å²) >= 11 is 0.